The predicted molar refractivity (Wildman–Crippen MR) is 82.1 cm³/mol. The van der Waals surface area contributed by atoms with Crippen LogP contribution in [0.2, 0.25) is 0 Å². The number of furan rings is 1. The van der Waals surface area contributed by atoms with E-state index in [-0.39, 0.29) is 5.78 Å². The Kier molecular flexibility index (Phi) is 3.51. The Morgan fingerprint density at radius 1 is 1.09 bits per heavy atom. The number of hydrogen-bond acceptors (Lipinski definition) is 3. The van der Waals surface area contributed by atoms with Crippen molar-refractivity contribution in [2.24, 2.45) is 0 Å². The van der Waals surface area contributed by atoms with Gasteiger partial charge in [-0.3, -0.25) is 9.59 Å². The fourth-order valence-electron chi connectivity index (χ4n) is 2.41. The van der Waals surface area contributed by atoms with Gasteiger partial charge in [-0.2, -0.15) is 0 Å². The van der Waals surface area contributed by atoms with E-state index in [4.69, 9.17) is 4.42 Å². The summed E-state index contributed by atoms with van der Waals surface area (Å²) in [5.41, 5.74) is 1.99. The van der Waals surface area contributed by atoms with E-state index in [2.05, 4.69) is 0 Å². The van der Waals surface area contributed by atoms with E-state index in [1.165, 1.54) is 6.26 Å². The van der Waals surface area contributed by atoms with Gasteiger partial charge in [-0.05, 0) is 30.7 Å². The molecule has 1 aromatic heterocycles. The molecule has 4 heteroatoms. The minimum absolute atomic E-state index is 0.181. The average Bonchev–Trinajstić information content (AvgIpc) is 3.01. The maximum Gasteiger partial charge on any atom is 0.310 e. The predicted octanol–water partition coefficient (Wildman–Crippen LogP) is 3.85. The van der Waals surface area contributed by atoms with Gasteiger partial charge in [-0.15, -0.1) is 0 Å². The third kappa shape index (κ3) is 2.39. The normalized spacial score (nSPS) is 12.2. The molecule has 3 rings (SSSR count). The summed E-state index contributed by atoms with van der Waals surface area (Å²) in [6, 6.07) is 14.0. The van der Waals surface area contributed by atoms with Crippen LogP contribution in [-0.4, -0.2) is 16.9 Å². The second-order valence-corrected chi connectivity index (χ2v) is 5.16. The molecule has 0 radical (unpaired) electrons. The number of carbonyl (C=O) groups is 2. The molecular formula is C18H14O4. The second-order valence-electron chi connectivity index (χ2n) is 5.16. The van der Waals surface area contributed by atoms with Crippen LogP contribution in [0.15, 0.2) is 59.2 Å². The molecule has 110 valence electrons. The van der Waals surface area contributed by atoms with Gasteiger partial charge >= 0.3 is 5.97 Å². The van der Waals surface area contributed by atoms with Crippen LogP contribution >= 0.6 is 0 Å². The highest BCUT2D eigenvalue weighted by Crippen LogP contribution is 2.28. The molecule has 2 aromatic carbocycles. The van der Waals surface area contributed by atoms with Crippen molar-refractivity contribution in [3.63, 3.8) is 0 Å². The quantitative estimate of drug-likeness (QED) is 0.742. The SMILES string of the molecule is CC(C(=O)O)c1cc(C(=O)c2ccccc2)c2occc2c1. The molecule has 4 nitrogen and oxygen atoms in total. The zero-order valence-corrected chi connectivity index (χ0v) is 11.9. The lowest BCUT2D eigenvalue weighted by molar-refractivity contribution is -0.138. The number of carboxylic acids is 1. The van der Waals surface area contributed by atoms with Crippen LogP contribution in [-0.2, 0) is 4.79 Å². The molecule has 0 saturated carbocycles. The fourth-order valence-corrected chi connectivity index (χ4v) is 2.41. The number of rotatable bonds is 4. The van der Waals surface area contributed by atoms with Gasteiger partial charge in [0.15, 0.2) is 5.78 Å². The second kappa shape index (κ2) is 5.48. The molecule has 1 atom stereocenters. The molecule has 0 aliphatic heterocycles. The maximum atomic E-state index is 12.7. The van der Waals surface area contributed by atoms with Gasteiger partial charge in [-0.25, -0.2) is 0 Å². The molecule has 3 aromatic rings. The molecule has 1 unspecified atom stereocenters. The van der Waals surface area contributed by atoms with E-state index in [0.29, 0.717) is 22.3 Å². The number of hydrogen-bond donors (Lipinski definition) is 1. The topological polar surface area (TPSA) is 67.5 Å². The van der Waals surface area contributed by atoms with E-state index in [1.807, 2.05) is 6.07 Å². The van der Waals surface area contributed by atoms with Crippen LogP contribution in [0.3, 0.4) is 0 Å². The van der Waals surface area contributed by atoms with Crippen LogP contribution in [0.1, 0.15) is 34.3 Å². The van der Waals surface area contributed by atoms with E-state index >= 15 is 0 Å². The van der Waals surface area contributed by atoms with Crippen molar-refractivity contribution >= 4 is 22.7 Å². The van der Waals surface area contributed by atoms with Gasteiger partial charge in [0, 0.05) is 10.9 Å². The lowest BCUT2D eigenvalue weighted by Crippen LogP contribution is -2.09. The third-order valence-corrected chi connectivity index (χ3v) is 3.72. The van der Waals surface area contributed by atoms with Gasteiger partial charge < -0.3 is 9.52 Å². The zero-order chi connectivity index (χ0) is 15.7. The van der Waals surface area contributed by atoms with Gasteiger partial charge in [0.1, 0.15) is 5.58 Å². The van der Waals surface area contributed by atoms with E-state index in [9.17, 15) is 14.7 Å². The highest BCUT2D eigenvalue weighted by Gasteiger charge is 2.20. The molecule has 0 aliphatic rings. The number of ketones is 1. The minimum Gasteiger partial charge on any atom is -0.481 e. The summed E-state index contributed by atoms with van der Waals surface area (Å²) in [5, 5.41) is 9.92. The molecule has 0 fully saturated rings. The number of carbonyl (C=O) groups excluding carboxylic acids is 1. The third-order valence-electron chi connectivity index (χ3n) is 3.72. The first kappa shape index (κ1) is 14.1. The first-order valence-corrected chi connectivity index (χ1v) is 6.91. The molecule has 22 heavy (non-hydrogen) atoms. The van der Waals surface area contributed by atoms with Gasteiger partial charge in [0.2, 0.25) is 0 Å². The first-order valence-electron chi connectivity index (χ1n) is 6.91. The van der Waals surface area contributed by atoms with Crippen LogP contribution < -0.4 is 0 Å². The number of fused-ring (bicyclic) bond motifs is 1. The van der Waals surface area contributed by atoms with E-state index in [1.54, 1.807) is 49.4 Å². The Hall–Kier alpha value is -2.88. The van der Waals surface area contributed by atoms with Gasteiger partial charge in [0.05, 0.1) is 17.7 Å². The fraction of sp³-hybridized carbons (Fsp3) is 0.111. The molecule has 0 bridgehead atoms. The van der Waals surface area contributed by atoms with Crippen molar-refractivity contribution in [3.05, 3.63) is 71.5 Å². The summed E-state index contributed by atoms with van der Waals surface area (Å²) in [4.78, 5) is 23.9. The molecule has 0 amide bonds. The summed E-state index contributed by atoms with van der Waals surface area (Å²) in [7, 11) is 0. The standard InChI is InChI=1S/C18H14O4/c1-11(18(20)21)14-9-13-7-8-22-17(13)15(10-14)16(19)12-5-3-2-4-6-12/h2-11H,1H3,(H,20,21). The highest BCUT2D eigenvalue weighted by atomic mass is 16.4. The zero-order valence-electron chi connectivity index (χ0n) is 11.9. The van der Waals surface area contributed by atoms with Crippen molar-refractivity contribution in [2.75, 3.05) is 0 Å². The molecule has 0 spiro atoms. The van der Waals surface area contributed by atoms with Crippen LogP contribution in [0, 0.1) is 0 Å². The van der Waals surface area contributed by atoms with Crippen molar-refractivity contribution in [2.45, 2.75) is 12.8 Å². The summed E-state index contributed by atoms with van der Waals surface area (Å²) in [5.74, 6) is -1.80. The first-order chi connectivity index (χ1) is 10.6. The number of carboxylic acid groups (broad SMARTS) is 1. The molecule has 1 N–H and O–H groups in total. The summed E-state index contributed by atoms with van der Waals surface area (Å²) < 4.78 is 5.42. The summed E-state index contributed by atoms with van der Waals surface area (Å²) in [6.07, 6.45) is 1.50. The maximum absolute atomic E-state index is 12.7. The average molecular weight is 294 g/mol. The highest BCUT2D eigenvalue weighted by molar-refractivity contribution is 6.15. The van der Waals surface area contributed by atoms with Gasteiger partial charge in [0.25, 0.3) is 0 Å². The lowest BCUT2D eigenvalue weighted by Gasteiger charge is -2.10. The number of aliphatic carboxylic acids is 1. The Labute approximate surface area is 127 Å². The largest absolute Gasteiger partial charge is 0.481 e. The van der Waals surface area contributed by atoms with E-state index in [0.717, 1.165) is 5.39 Å². The summed E-state index contributed by atoms with van der Waals surface area (Å²) in [6.45, 7) is 1.60. The van der Waals surface area contributed by atoms with E-state index < -0.39 is 11.9 Å². The molecule has 1 heterocycles. The Morgan fingerprint density at radius 3 is 2.50 bits per heavy atom. The Balaban J connectivity index is 2.17. The van der Waals surface area contributed by atoms with Crippen molar-refractivity contribution in [1.82, 2.24) is 0 Å². The van der Waals surface area contributed by atoms with Crippen molar-refractivity contribution in [1.29, 1.82) is 0 Å². The Bertz CT molecular complexity index is 846. The monoisotopic (exact) mass is 294 g/mol. The minimum atomic E-state index is -0.930. The van der Waals surface area contributed by atoms with Crippen molar-refractivity contribution < 1.29 is 19.1 Å². The smallest absolute Gasteiger partial charge is 0.310 e. The lowest BCUT2D eigenvalue weighted by atomic mass is 9.94. The Morgan fingerprint density at radius 2 is 1.82 bits per heavy atom. The number of benzene rings is 2. The molecule has 0 aliphatic carbocycles. The van der Waals surface area contributed by atoms with Crippen LogP contribution in [0.4, 0.5) is 0 Å². The van der Waals surface area contributed by atoms with Crippen LogP contribution in [0.5, 0.6) is 0 Å². The van der Waals surface area contributed by atoms with Crippen LogP contribution in [0.25, 0.3) is 11.0 Å². The summed E-state index contributed by atoms with van der Waals surface area (Å²) >= 11 is 0. The van der Waals surface area contributed by atoms with Gasteiger partial charge in [-0.1, -0.05) is 30.3 Å². The molecule has 0 saturated heterocycles. The van der Waals surface area contributed by atoms with Crippen molar-refractivity contribution in [3.8, 4) is 0 Å². The molecular weight excluding hydrogens is 280 g/mol.